The summed E-state index contributed by atoms with van der Waals surface area (Å²) in [4.78, 5) is 34.9. The van der Waals surface area contributed by atoms with Crippen molar-refractivity contribution >= 4 is 47.0 Å². The number of hydrogen-bond donors (Lipinski definition) is 3. The molecule has 1 aromatic carbocycles. The molecule has 4 N–H and O–H groups in total. The van der Waals surface area contributed by atoms with Gasteiger partial charge in [0.1, 0.15) is 0 Å². The number of nitrogens with zero attached hydrogens (tertiary/aromatic N) is 1. The van der Waals surface area contributed by atoms with Crippen LogP contribution in [0.2, 0.25) is 10.0 Å². The lowest BCUT2D eigenvalue weighted by Crippen LogP contribution is -2.39. The molecule has 0 heterocycles. The van der Waals surface area contributed by atoms with Gasteiger partial charge in [-0.25, -0.2) is 5.06 Å². The number of nitrogens with one attached hydrogen (secondary N) is 1. The summed E-state index contributed by atoms with van der Waals surface area (Å²) < 4.78 is 0. The van der Waals surface area contributed by atoms with Crippen LogP contribution in [0.5, 0.6) is 0 Å². The number of ketones is 1. The summed E-state index contributed by atoms with van der Waals surface area (Å²) in [6, 6.07) is 4.71. The highest BCUT2D eigenvalue weighted by Crippen LogP contribution is 2.24. The first-order valence-corrected chi connectivity index (χ1v) is 9.18. The van der Waals surface area contributed by atoms with E-state index in [2.05, 4.69) is 5.32 Å². The van der Waals surface area contributed by atoms with Crippen molar-refractivity contribution in [1.82, 2.24) is 10.4 Å². The Labute approximate surface area is 168 Å². The summed E-state index contributed by atoms with van der Waals surface area (Å²) in [6.45, 7) is 1.56. The maximum atomic E-state index is 12.2. The van der Waals surface area contributed by atoms with Crippen molar-refractivity contribution in [2.45, 2.75) is 26.2 Å². The molecule has 0 aliphatic rings. The molecule has 2 amide bonds. The van der Waals surface area contributed by atoms with E-state index < -0.39 is 17.6 Å². The van der Waals surface area contributed by atoms with Crippen LogP contribution in [0.3, 0.4) is 0 Å². The third kappa shape index (κ3) is 7.99. The van der Waals surface area contributed by atoms with Crippen molar-refractivity contribution < 1.29 is 19.6 Å². The molecule has 0 aliphatic carbocycles. The standard InChI is InChI=1S/C18H23Cl2N3O4/c1-2-3-4-12(10-23(27)11-24)18(26)22-9-14(25)8-17(21)15-6-5-13(19)7-16(15)20/h5-8,11-12,27H,2-4,9-10,21H2,1H3,(H,22,26)/b17-8-. The van der Waals surface area contributed by atoms with Crippen LogP contribution >= 0.6 is 23.2 Å². The molecule has 0 radical (unpaired) electrons. The third-order valence-corrected chi connectivity index (χ3v) is 4.35. The van der Waals surface area contributed by atoms with E-state index in [-0.39, 0.29) is 25.2 Å². The van der Waals surface area contributed by atoms with E-state index in [1.54, 1.807) is 12.1 Å². The fourth-order valence-corrected chi connectivity index (χ4v) is 2.89. The molecule has 0 spiro atoms. The van der Waals surface area contributed by atoms with E-state index in [0.717, 1.165) is 12.8 Å². The molecule has 0 saturated carbocycles. The van der Waals surface area contributed by atoms with Gasteiger partial charge in [0.05, 0.1) is 24.0 Å². The van der Waals surface area contributed by atoms with Crippen molar-refractivity contribution in [3.63, 3.8) is 0 Å². The molecule has 7 nitrogen and oxygen atoms in total. The highest BCUT2D eigenvalue weighted by atomic mass is 35.5. The van der Waals surface area contributed by atoms with Crippen molar-refractivity contribution in [3.05, 3.63) is 39.9 Å². The highest BCUT2D eigenvalue weighted by Gasteiger charge is 2.20. The number of carbonyl (C=O) groups is 3. The first kappa shape index (κ1) is 23.0. The number of hydrogen-bond acceptors (Lipinski definition) is 5. The second-order valence-corrected chi connectivity index (χ2v) is 6.82. The maximum absolute atomic E-state index is 12.2. The number of unbranched alkanes of at least 4 members (excludes halogenated alkanes) is 1. The minimum Gasteiger partial charge on any atom is -0.398 e. The number of benzene rings is 1. The van der Waals surface area contributed by atoms with Crippen LogP contribution in [-0.2, 0) is 14.4 Å². The Morgan fingerprint density at radius 3 is 2.67 bits per heavy atom. The number of nitrogens with two attached hydrogens (primary N) is 1. The summed E-state index contributed by atoms with van der Waals surface area (Å²) in [5.41, 5.74) is 6.50. The van der Waals surface area contributed by atoms with Crippen molar-refractivity contribution in [2.75, 3.05) is 13.1 Å². The molecule has 0 aliphatic heterocycles. The van der Waals surface area contributed by atoms with Crippen LogP contribution < -0.4 is 11.1 Å². The topological polar surface area (TPSA) is 113 Å². The van der Waals surface area contributed by atoms with E-state index in [1.165, 1.54) is 12.1 Å². The minimum atomic E-state index is -0.611. The Morgan fingerprint density at radius 1 is 1.37 bits per heavy atom. The van der Waals surface area contributed by atoms with Gasteiger partial charge in [0.2, 0.25) is 12.3 Å². The van der Waals surface area contributed by atoms with Gasteiger partial charge in [0, 0.05) is 22.4 Å². The van der Waals surface area contributed by atoms with Gasteiger partial charge < -0.3 is 11.1 Å². The zero-order chi connectivity index (χ0) is 20.4. The van der Waals surface area contributed by atoms with E-state index in [9.17, 15) is 19.6 Å². The second kappa shape index (κ2) is 11.6. The van der Waals surface area contributed by atoms with Crippen molar-refractivity contribution in [2.24, 2.45) is 11.7 Å². The SMILES string of the molecule is CCCCC(CN(O)C=O)C(=O)NCC(=O)/C=C(\N)c1ccc(Cl)cc1Cl. The molecule has 148 valence electrons. The van der Waals surface area contributed by atoms with Gasteiger partial charge >= 0.3 is 0 Å². The predicted octanol–water partition coefficient (Wildman–Crippen LogP) is 2.63. The molecule has 1 aromatic rings. The van der Waals surface area contributed by atoms with Crippen molar-refractivity contribution in [3.8, 4) is 0 Å². The van der Waals surface area contributed by atoms with E-state index in [0.29, 0.717) is 27.1 Å². The normalized spacial score (nSPS) is 12.4. The number of hydroxylamine groups is 2. The molecule has 0 aromatic heterocycles. The monoisotopic (exact) mass is 415 g/mol. The smallest absolute Gasteiger partial charge is 0.233 e. The molecule has 0 bridgehead atoms. The van der Waals surface area contributed by atoms with Gasteiger partial charge in [-0.1, -0.05) is 43.0 Å². The summed E-state index contributed by atoms with van der Waals surface area (Å²) >= 11 is 11.9. The first-order valence-electron chi connectivity index (χ1n) is 8.42. The fraction of sp³-hybridized carbons (Fsp3) is 0.389. The van der Waals surface area contributed by atoms with Gasteiger partial charge in [0.25, 0.3) is 0 Å². The van der Waals surface area contributed by atoms with Crippen LogP contribution in [0.25, 0.3) is 5.70 Å². The predicted molar refractivity (Wildman–Crippen MR) is 104 cm³/mol. The number of halogens is 2. The van der Waals surface area contributed by atoms with Gasteiger partial charge in [0.15, 0.2) is 5.78 Å². The number of carbonyl (C=O) groups excluding carboxylic acids is 3. The van der Waals surface area contributed by atoms with E-state index in [1.807, 2.05) is 6.92 Å². The van der Waals surface area contributed by atoms with E-state index >= 15 is 0 Å². The zero-order valence-electron chi connectivity index (χ0n) is 15.0. The van der Waals surface area contributed by atoms with Gasteiger partial charge in [-0.3, -0.25) is 19.6 Å². The summed E-state index contributed by atoms with van der Waals surface area (Å²) in [6.07, 6.45) is 3.51. The van der Waals surface area contributed by atoms with Gasteiger partial charge in [-0.05, 0) is 24.6 Å². The Morgan fingerprint density at radius 2 is 2.07 bits per heavy atom. The average molecular weight is 416 g/mol. The molecular weight excluding hydrogens is 393 g/mol. The average Bonchev–Trinajstić information content (AvgIpc) is 2.62. The minimum absolute atomic E-state index is 0.137. The second-order valence-electron chi connectivity index (χ2n) is 5.97. The van der Waals surface area contributed by atoms with E-state index in [4.69, 9.17) is 28.9 Å². The van der Waals surface area contributed by atoms with Crippen LogP contribution in [0.1, 0.15) is 31.7 Å². The van der Waals surface area contributed by atoms with Crippen LogP contribution in [0.4, 0.5) is 0 Å². The number of rotatable bonds is 11. The first-order chi connectivity index (χ1) is 12.8. The largest absolute Gasteiger partial charge is 0.398 e. The Kier molecular flexibility index (Phi) is 9.85. The zero-order valence-corrected chi connectivity index (χ0v) is 16.5. The molecule has 1 unspecified atom stereocenters. The maximum Gasteiger partial charge on any atom is 0.233 e. The molecule has 9 heteroatoms. The third-order valence-electron chi connectivity index (χ3n) is 3.80. The van der Waals surface area contributed by atoms with Gasteiger partial charge in [-0.2, -0.15) is 0 Å². The van der Waals surface area contributed by atoms with Crippen LogP contribution in [0, 0.1) is 5.92 Å². The lowest BCUT2D eigenvalue weighted by molar-refractivity contribution is -0.154. The Hall–Kier alpha value is -2.09. The molecular formula is C18H23Cl2N3O4. The molecule has 1 rings (SSSR count). The Balaban J connectivity index is 2.69. The highest BCUT2D eigenvalue weighted by molar-refractivity contribution is 6.35. The van der Waals surface area contributed by atoms with Crippen LogP contribution in [0.15, 0.2) is 24.3 Å². The van der Waals surface area contributed by atoms with Crippen molar-refractivity contribution in [1.29, 1.82) is 0 Å². The lowest BCUT2D eigenvalue weighted by Gasteiger charge is -2.19. The Bertz CT molecular complexity index is 710. The summed E-state index contributed by atoms with van der Waals surface area (Å²) in [5, 5.41) is 13.0. The molecule has 1 atom stereocenters. The summed E-state index contributed by atoms with van der Waals surface area (Å²) in [5.74, 6) is -1.45. The molecule has 0 fully saturated rings. The number of amides is 2. The molecule has 27 heavy (non-hydrogen) atoms. The summed E-state index contributed by atoms with van der Waals surface area (Å²) in [7, 11) is 0. The molecule has 0 saturated heterocycles. The lowest BCUT2D eigenvalue weighted by atomic mass is 10.0. The van der Waals surface area contributed by atoms with Crippen LogP contribution in [-0.4, -0.2) is 41.5 Å². The fourth-order valence-electron chi connectivity index (χ4n) is 2.37. The quantitative estimate of drug-likeness (QED) is 0.222. The van der Waals surface area contributed by atoms with Gasteiger partial charge in [-0.15, -0.1) is 0 Å².